The van der Waals surface area contributed by atoms with Crippen LogP contribution in [0.1, 0.15) is 24.0 Å². The number of nitrogens with one attached hydrogen (secondary N) is 1. The minimum absolute atomic E-state index is 0. The van der Waals surface area contributed by atoms with Gasteiger partial charge in [0, 0.05) is 44.2 Å². The number of aliphatic hydroxyl groups excluding tert-OH is 1. The molecule has 14 nitrogen and oxygen atoms in total. The van der Waals surface area contributed by atoms with Gasteiger partial charge in [0.15, 0.2) is 0 Å². The van der Waals surface area contributed by atoms with E-state index in [9.17, 15) is 14.7 Å². The first kappa shape index (κ1) is 44.2. The third-order valence-corrected chi connectivity index (χ3v) is 6.84. The van der Waals surface area contributed by atoms with Gasteiger partial charge in [-0.25, -0.2) is 9.97 Å². The molecule has 0 saturated carbocycles. The molecule has 0 radical (unpaired) electrons. The van der Waals surface area contributed by atoms with Crippen LogP contribution in [-0.4, -0.2) is 92.9 Å². The Morgan fingerprint density at radius 2 is 1.32 bits per heavy atom. The number of pyridine rings is 2. The summed E-state index contributed by atoms with van der Waals surface area (Å²) in [5, 5.41) is 12.9. The summed E-state index contributed by atoms with van der Waals surface area (Å²) >= 11 is 0. The number of carbonyl (C=O) groups excluding carboxylic acids is 2. The van der Waals surface area contributed by atoms with Gasteiger partial charge in [0.2, 0.25) is 11.8 Å². The van der Waals surface area contributed by atoms with E-state index in [0.717, 1.165) is 23.5 Å². The lowest BCUT2D eigenvalue weighted by Gasteiger charge is -2.13. The number of nitrogens with two attached hydrogens (primary N) is 1. The van der Waals surface area contributed by atoms with E-state index in [0.29, 0.717) is 63.4 Å². The van der Waals surface area contributed by atoms with Crippen LogP contribution in [0.4, 0.5) is 0 Å². The van der Waals surface area contributed by atoms with Gasteiger partial charge in [-0.05, 0) is 23.3 Å². The van der Waals surface area contributed by atoms with Gasteiger partial charge in [0.1, 0.15) is 50.1 Å². The summed E-state index contributed by atoms with van der Waals surface area (Å²) < 4.78 is 36.3. The molecule has 1 aliphatic rings. The highest BCUT2D eigenvalue weighted by atomic mass is 35.5. The van der Waals surface area contributed by atoms with Crippen molar-refractivity contribution < 1.29 is 47.9 Å². The molecule has 5 rings (SSSR count). The van der Waals surface area contributed by atoms with E-state index in [1.807, 2.05) is 66.7 Å². The first-order valence-corrected chi connectivity index (χ1v) is 16.7. The van der Waals surface area contributed by atoms with E-state index < -0.39 is 6.10 Å². The summed E-state index contributed by atoms with van der Waals surface area (Å²) in [6.07, 6.45) is 3.36. The van der Waals surface area contributed by atoms with Gasteiger partial charge < -0.3 is 49.3 Å². The molecule has 1 aliphatic heterocycles. The maximum atomic E-state index is 11.0. The number of aliphatic hydroxyl groups is 1. The molecule has 0 bridgehead atoms. The van der Waals surface area contributed by atoms with Crippen LogP contribution in [0, 0.1) is 0 Å². The van der Waals surface area contributed by atoms with Gasteiger partial charge >= 0.3 is 11.9 Å². The molecule has 4 aromatic rings. The third-order valence-electron chi connectivity index (χ3n) is 6.84. The van der Waals surface area contributed by atoms with E-state index >= 15 is 0 Å². The minimum Gasteiger partial charge on any atom is -0.489 e. The van der Waals surface area contributed by atoms with E-state index in [2.05, 4.69) is 24.8 Å². The summed E-state index contributed by atoms with van der Waals surface area (Å²) in [5.74, 6) is 1.81. The van der Waals surface area contributed by atoms with Crippen molar-refractivity contribution in [3.63, 3.8) is 0 Å². The van der Waals surface area contributed by atoms with Crippen LogP contribution in [0.2, 0.25) is 0 Å². The van der Waals surface area contributed by atoms with Gasteiger partial charge in [0.25, 0.3) is 0 Å². The van der Waals surface area contributed by atoms with Crippen molar-refractivity contribution in [3.8, 4) is 23.3 Å². The fourth-order valence-corrected chi connectivity index (χ4v) is 3.97. The Kier molecular flexibility index (Phi) is 22.3. The Bertz CT molecular complexity index is 1570. The topological polar surface area (TPSA) is 186 Å². The van der Waals surface area contributed by atoms with Crippen LogP contribution in [0.5, 0.6) is 23.3 Å². The molecule has 4 N–H and O–H groups in total. The predicted molar refractivity (Wildman–Crippen MR) is 199 cm³/mol. The van der Waals surface area contributed by atoms with Gasteiger partial charge in [-0.3, -0.25) is 9.59 Å². The molecule has 288 valence electrons. The number of hydrogen-bond donors (Lipinski definition) is 3. The summed E-state index contributed by atoms with van der Waals surface area (Å²) in [4.78, 5) is 29.3. The van der Waals surface area contributed by atoms with Gasteiger partial charge in [-0.1, -0.05) is 60.7 Å². The Balaban J connectivity index is 0.000000315. The number of epoxide rings is 1. The van der Waals surface area contributed by atoms with Crippen LogP contribution in [0.3, 0.4) is 0 Å². The highest BCUT2D eigenvalue weighted by Crippen LogP contribution is 2.20. The van der Waals surface area contributed by atoms with Crippen molar-refractivity contribution in [2.24, 2.45) is 5.73 Å². The first-order chi connectivity index (χ1) is 25.4. The van der Waals surface area contributed by atoms with E-state index in [-0.39, 0.29) is 43.5 Å². The Labute approximate surface area is 316 Å². The summed E-state index contributed by atoms with van der Waals surface area (Å²) in [6.45, 7) is 3.52. The molecule has 0 unspecified atom stereocenters. The monoisotopic (exact) mass is 756 g/mol. The highest BCUT2D eigenvalue weighted by Gasteiger charge is 2.23. The fraction of sp³-hybridized carbons (Fsp3) is 0.368. The molecule has 0 spiro atoms. The Morgan fingerprint density at radius 1 is 0.811 bits per heavy atom. The smallest absolute Gasteiger partial charge is 0.306 e. The number of benzene rings is 2. The second kappa shape index (κ2) is 26.7. The van der Waals surface area contributed by atoms with Crippen molar-refractivity contribution in [1.29, 1.82) is 0 Å². The summed E-state index contributed by atoms with van der Waals surface area (Å²) in [6, 6.07) is 26.9. The lowest BCUT2D eigenvalue weighted by molar-refractivity contribution is -0.141. The lowest BCUT2D eigenvalue weighted by atomic mass is 10.2. The number of ether oxygens (including phenoxy) is 7. The zero-order valence-corrected chi connectivity index (χ0v) is 30.8. The molecule has 0 aliphatic carbocycles. The average Bonchev–Trinajstić information content (AvgIpc) is 4.03. The zero-order valence-electron chi connectivity index (χ0n) is 30.0. The second-order valence-corrected chi connectivity index (χ2v) is 11.1. The number of methoxy groups -OCH3 is 2. The van der Waals surface area contributed by atoms with Crippen LogP contribution >= 0.6 is 12.4 Å². The summed E-state index contributed by atoms with van der Waals surface area (Å²) in [7, 11) is 2.69. The molecule has 2 aromatic carbocycles. The number of carbonyl (C=O) groups is 2. The quantitative estimate of drug-likeness (QED) is 0.0710. The molecule has 0 amide bonds. The van der Waals surface area contributed by atoms with E-state index in [1.165, 1.54) is 14.2 Å². The van der Waals surface area contributed by atoms with Crippen LogP contribution in [0.15, 0.2) is 97.3 Å². The second-order valence-electron chi connectivity index (χ2n) is 11.1. The van der Waals surface area contributed by atoms with Crippen molar-refractivity contribution in [3.05, 3.63) is 108 Å². The largest absolute Gasteiger partial charge is 0.489 e. The summed E-state index contributed by atoms with van der Waals surface area (Å²) in [5.41, 5.74) is 7.21. The van der Waals surface area contributed by atoms with Crippen molar-refractivity contribution >= 4 is 24.3 Å². The Morgan fingerprint density at radius 3 is 1.79 bits per heavy atom. The highest BCUT2D eigenvalue weighted by molar-refractivity contribution is 5.85. The van der Waals surface area contributed by atoms with Crippen LogP contribution in [0.25, 0.3) is 0 Å². The van der Waals surface area contributed by atoms with Crippen molar-refractivity contribution in [2.45, 2.75) is 38.3 Å². The molecule has 2 atom stereocenters. The average molecular weight is 757 g/mol. The van der Waals surface area contributed by atoms with E-state index in [4.69, 9.17) is 29.4 Å². The number of esters is 2. The van der Waals surface area contributed by atoms with E-state index in [1.54, 1.807) is 30.6 Å². The maximum absolute atomic E-state index is 11.0. The number of nitrogens with zero attached hydrogens (tertiary/aromatic N) is 2. The molecule has 53 heavy (non-hydrogen) atoms. The normalized spacial score (nSPS) is 12.9. The van der Waals surface area contributed by atoms with Crippen LogP contribution in [-0.2, 0) is 37.0 Å². The predicted octanol–water partition coefficient (Wildman–Crippen LogP) is 3.92. The van der Waals surface area contributed by atoms with Gasteiger partial charge in [-0.2, -0.15) is 0 Å². The minimum atomic E-state index is -0.719. The lowest BCUT2D eigenvalue weighted by Crippen LogP contribution is -2.32. The number of rotatable bonds is 19. The molecule has 1 fully saturated rings. The third kappa shape index (κ3) is 20.6. The zero-order chi connectivity index (χ0) is 37.2. The van der Waals surface area contributed by atoms with Gasteiger partial charge in [-0.15, -0.1) is 12.4 Å². The number of halogens is 1. The maximum Gasteiger partial charge on any atom is 0.306 e. The molecule has 2 aromatic heterocycles. The molecule has 15 heteroatoms. The SMILES string of the molecule is COC(=O)CCN.COC(=O)CCNC[C@@H](O)COc1cc(OCc2ccccc2)ccn1.Cl.c1ccc(COc2ccnc(OC[C@H]3CO3)c2)cc1. The number of hydrogen-bond acceptors (Lipinski definition) is 14. The fourth-order valence-electron chi connectivity index (χ4n) is 3.97. The molecule has 3 heterocycles. The van der Waals surface area contributed by atoms with Crippen LogP contribution < -0.4 is 30.0 Å². The first-order valence-electron chi connectivity index (χ1n) is 16.7. The van der Waals surface area contributed by atoms with Crippen molar-refractivity contribution in [2.75, 3.05) is 53.7 Å². The molecular weight excluding hydrogens is 708 g/mol. The standard InChI is InChI=1S/C19H24N2O5.C15H15NO3.C4H9NO2.ClH/c1-24-19(23)8-9-20-12-16(22)14-26-18-11-17(7-10-21-18)25-13-15-5-3-2-4-6-15;1-2-4-12(5-3-1)9-17-13-6-7-16-15(8-13)19-11-14-10-18-14;1-7-4(6)2-3-5;/h2-7,10-11,16,20,22H,8-9,12-14H2,1H3;1-8,14H,9-11H2;2-3,5H2,1H3;1H/t16-;14-;;/m11../s1. The van der Waals surface area contributed by atoms with Gasteiger partial charge in [0.05, 0.1) is 33.7 Å². The molecular formula is C38H49ClN4O10. The Hall–Kier alpha value is -4.99. The van der Waals surface area contributed by atoms with Crippen molar-refractivity contribution in [1.82, 2.24) is 15.3 Å². The molecule has 1 saturated heterocycles. The number of aromatic nitrogens is 2.